The van der Waals surface area contributed by atoms with Crippen molar-refractivity contribution in [1.82, 2.24) is 4.90 Å². The maximum Gasteiger partial charge on any atom is 0.0793 e. The van der Waals surface area contributed by atoms with Crippen molar-refractivity contribution in [3.05, 3.63) is 0 Å². The number of likely N-dealkylation sites (tertiary alicyclic amines) is 1. The van der Waals surface area contributed by atoms with Gasteiger partial charge in [0.25, 0.3) is 0 Å². The summed E-state index contributed by atoms with van der Waals surface area (Å²) in [7, 11) is 0. The average Bonchev–Trinajstić information content (AvgIpc) is 2.00. The Hall–Kier alpha value is -0.0800. The lowest BCUT2D eigenvalue weighted by molar-refractivity contribution is -0.00939. The number of aliphatic hydroxyl groups excluding tert-OH is 1. The molecular weight excluding hydrogens is 150 g/mol. The molecule has 1 aliphatic rings. The third kappa shape index (κ3) is 2.46. The third-order valence-corrected chi connectivity index (χ3v) is 3.10. The van der Waals surface area contributed by atoms with Crippen LogP contribution >= 0.6 is 0 Å². The van der Waals surface area contributed by atoms with E-state index in [1.54, 1.807) is 0 Å². The molecule has 1 fully saturated rings. The molecule has 12 heavy (non-hydrogen) atoms. The molecule has 72 valence electrons. The highest BCUT2D eigenvalue weighted by atomic mass is 16.3. The van der Waals surface area contributed by atoms with Crippen LogP contribution in [0.2, 0.25) is 0 Å². The molecule has 1 heterocycles. The number of rotatable bonds is 4. The molecular formula is C10H21NO. The van der Waals surface area contributed by atoms with E-state index in [4.69, 9.17) is 5.11 Å². The largest absolute Gasteiger partial charge is 0.390 e. The second kappa shape index (κ2) is 4.24. The molecule has 0 aliphatic carbocycles. The first-order valence-corrected chi connectivity index (χ1v) is 5.04. The van der Waals surface area contributed by atoms with Gasteiger partial charge in [0.2, 0.25) is 0 Å². The Labute approximate surface area is 75.6 Å². The number of aliphatic hydroxyl groups is 1. The molecule has 2 unspecified atom stereocenters. The Bertz CT molecular complexity index is 132. The van der Waals surface area contributed by atoms with Crippen molar-refractivity contribution in [3.8, 4) is 0 Å². The van der Waals surface area contributed by atoms with E-state index >= 15 is 0 Å². The molecule has 0 aromatic heterocycles. The van der Waals surface area contributed by atoms with Crippen molar-refractivity contribution in [2.24, 2.45) is 11.8 Å². The highest BCUT2D eigenvalue weighted by Gasteiger charge is 2.26. The van der Waals surface area contributed by atoms with E-state index in [1.807, 2.05) is 0 Å². The van der Waals surface area contributed by atoms with Crippen LogP contribution in [0.15, 0.2) is 0 Å². The highest BCUT2D eigenvalue weighted by Crippen LogP contribution is 2.18. The summed E-state index contributed by atoms with van der Waals surface area (Å²) in [5.74, 6) is 1.57. The van der Waals surface area contributed by atoms with Gasteiger partial charge in [-0.25, -0.2) is 0 Å². The molecule has 1 rings (SSSR count). The minimum absolute atomic E-state index is 0.0471. The Morgan fingerprint density at radius 2 is 1.92 bits per heavy atom. The fraction of sp³-hybridized carbons (Fsp3) is 1.00. The molecule has 2 nitrogen and oxygen atoms in total. The molecule has 0 saturated carbocycles. The van der Waals surface area contributed by atoms with Crippen LogP contribution in [-0.2, 0) is 0 Å². The molecule has 0 aromatic carbocycles. The van der Waals surface area contributed by atoms with E-state index < -0.39 is 0 Å². The van der Waals surface area contributed by atoms with E-state index in [9.17, 15) is 0 Å². The van der Waals surface area contributed by atoms with E-state index in [2.05, 4.69) is 25.7 Å². The quantitative estimate of drug-likeness (QED) is 0.690. The maximum absolute atomic E-state index is 9.09. The van der Waals surface area contributed by atoms with Gasteiger partial charge in [0, 0.05) is 19.6 Å². The molecule has 0 spiro atoms. The lowest BCUT2D eigenvalue weighted by Crippen LogP contribution is -2.52. The Balaban J connectivity index is 2.14. The van der Waals surface area contributed by atoms with E-state index in [1.165, 1.54) is 6.42 Å². The summed E-state index contributed by atoms with van der Waals surface area (Å²) >= 11 is 0. The summed E-state index contributed by atoms with van der Waals surface area (Å²) in [4.78, 5) is 2.33. The van der Waals surface area contributed by atoms with Crippen molar-refractivity contribution in [2.45, 2.75) is 33.3 Å². The molecule has 2 atom stereocenters. The summed E-state index contributed by atoms with van der Waals surface area (Å²) in [6.07, 6.45) is 1.21. The van der Waals surface area contributed by atoms with Gasteiger partial charge in [-0.05, 0) is 11.8 Å². The standard InChI is InChI=1S/C10H21NO/c1-4-8(2)9(3)5-11-6-10(12)7-11/h8-10,12H,4-7H2,1-3H3. The van der Waals surface area contributed by atoms with Crippen molar-refractivity contribution in [3.63, 3.8) is 0 Å². The SMILES string of the molecule is CCC(C)C(C)CN1CC(O)C1. The topological polar surface area (TPSA) is 23.5 Å². The van der Waals surface area contributed by atoms with Crippen molar-refractivity contribution < 1.29 is 5.11 Å². The number of nitrogens with zero attached hydrogens (tertiary/aromatic N) is 1. The number of hydrogen-bond donors (Lipinski definition) is 1. The van der Waals surface area contributed by atoms with E-state index in [0.29, 0.717) is 0 Å². The van der Waals surface area contributed by atoms with Gasteiger partial charge in [-0.3, -0.25) is 4.90 Å². The van der Waals surface area contributed by atoms with E-state index in [-0.39, 0.29) is 6.10 Å². The van der Waals surface area contributed by atoms with Gasteiger partial charge in [-0.15, -0.1) is 0 Å². The summed E-state index contributed by atoms with van der Waals surface area (Å²) in [5.41, 5.74) is 0. The number of β-amino-alcohol motifs (C(OH)–C–C–N with tert-alkyl or cyclic N) is 1. The van der Waals surface area contributed by atoms with Crippen LogP contribution in [0.1, 0.15) is 27.2 Å². The fourth-order valence-electron chi connectivity index (χ4n) is 1.68. The monoisotopic (exact) mass is 171 g/mol. The highest BCUT2D eigenvalue weighted by molar-refractivity contribution is 4.80. The lowest BCUT2D eigenvalue weighted by Gasteiger charge is -2.38. The maximum atomic E-state index is 9.09. The van der Waals surface area contributed by atoms with Gasteiger partial charge in [0.15, 0.2) is 0 Å². The van der Waals surface area contributed by atoms with Gasteiger partial charge in [0.1, 0.15) is 0 Å². The van der Waals surface area contributed by atoms with Crippen molar-refractivity contribution in [2.75, 3.05) is 19.6 Å². The first-order valence-electron chi connectivity index (χ1n) is 5.04. The van der Waals surface area contributed by atoms with Crippen LogP contribution in [0.5, 0.6) is 0 Å². The van der Waals surface area contributed by atoms with Crippen LogP contribution in [0, 0.1) is 11.8 Å². The zero-order chi connectivity index (χ0) is 9.14. The molecule has 0 bridgehead atoms. The second-order valence-corrected chi connectivity index (χ2v) is 4.24. The minimum Gasteiger partial charge on any atom is -0.390 e. The summed E-state index contributed by atoms with van der Waals surface area (Å²) in [5, 5.41) is 9.09. The van der Waals surface area contributed by atoms with Crippen molar-refractivity contribution >= 4 is 0 Å². The molecule has 1 saturated heterocycles. The molecule has 1 N–H and O–H groups in total. The second-order valence-electron chi connectivity index (χ2n) is 4.24. The normalized spacial score (nSPS) is 25.0. The summed E-state index contributed by atoms with van der Waals surface area (Å²) < 4.78 is 0. The number of hydrogen-bond acceptors (Lipinski definition) is 2. The first kappa shape index (κ1) is 10.0. The van der Waals surface area contributed by atoms with Crippen molar-refractivity contribution in [1.29, 1.82) is 0 Å². The zero-order valence-corrected chi connectivity index (χ0v) is 8.45. The molecule has 2 heteroatoms. The van der Waals surface area contributed by atoms with Crippen LogP contribution in [0.3, 0.4) is 0 Å². The summed E-state index contributed by atoms with van der Waals surface area (Å²) in [6, 6.07) is 0. The van der Waals surface area contributed by atoms with E-state index in [0.717, 1.165) is 31.5 Å². The first-order chi connectivity index (χ1) is 5.63. The molecule has 1 aliphatic heterocycles. The third-order valence-electron chi connectivity index (χ3n) is 3.10. The van der Waals surface area contributed by atoms with Crippen LogP contribution in [0.4, 0.5) is 0 Å². The zero-order valence-electron chi connectivity index (χ0n) is 8.45. The van der Waals surface area contributed by atoms with Gasteiger partial charge in [0.05, 0.1) is 6.10 Å². The van der Waals surface area contributed by atoms with Crippen LogP contribution in [-0.4, -0.2) is 35.7 Å². The predicted molar refractivity (Wildman–Crippen MR) is 51.1 cm³/mol. The molecule has 0 radical (unpaired) electrons. The minimum atomic E-state index is -0.0471. The molecule has 0 aromatic rings. The van der Waals surface area contributed by atoms with Gasteiger partial charge >= 0.3 is 0 Å². The smallest absolute Gasteiger partial charge is 0.0793 e. The Kier molecular flexibility index (Phi) is 3.53. The lowest BCUT2D eigenvalue weighted by atomic mass is 9.92. The Morgan fingerprint density at radius 1 is 1.33 bits per heavy atom. The van der Waals surface area contributed by atoms with Gasteiger partial charge in [-0.2, -0.15) is 0 Å². The molecule has 0 amide bonds. The summed E-state index contributed by atoms with van der Waals surface area (Å²) in [6.45, 7) is 9.79. The van der Waals surface area contributed by atoms with Gasteiger partial charge < -0.3 is 5.11 Å². The van der Waals surface area contributed by atoms with Crippen LogP contribution in [0.25, 0.3) is 0 Å². The Morgan fingerprint density at radius 3 is 2.33 bits per heavy atom. The van der Waals surface area contributed by atoms with Crippen LogP contribution < -0.4 is 0 Å². The average molecular weight is 171 g/mol. The fourth-order valence-corrected chi connectivity index (χ4v) is 1.68. The van der Waals surface area contributed by atoms with Gasteiger partial charge in [-0.1, -0.05) is 27.2 Å². The predicted octanol–water partition coefficient (Wildman–Crippen LogP) is 1.35.